The highest BCUT2D eigenvalue weighted by molar-refractivity contribution is 7.87. The molecule has 2 aromatic carbocycles. The normalized spacial score (nSPS) is 11.4. The molecule has 0 bridgehead atoms. The largest absolute Gasteiger partial charge is 0.379 e. The molecule has 0 saturated heterocycles. The molecule has 0 aliphatic rings. The Morgan fingerprint density at radius 3 is 2.20 bits per heavy atom. The van der Waals surface area contributed by atoms with Gasteiger partial charge in [0.05, 0.1) is 5.02 Å². The zero-order chi connectivity index (χ0) is 14.9. The van der Waals surface area contributed by atoms with Crippen molar-refractivity contribution in [2.45, 2.75) is 25.7 Å². The van der Waals surface area contributed by atoms with Crippen LogP contribution in [0, 0.1) is 20.8 Å². The van der Waals surface area contributed by atoms with Gasteiger partial charge in [0.25, 0.3) is 0 Å². The molecule has 0 radical (unpaired) electrons. The van der Waals surface area contributed by atoms with Crippen molar-refractivity contribution in [1.29, 1.82) is 0 Å². The van der Waals surface area contributed by atoms with Gasteiger partial charge in [0.2, 0.25) is 0 Å². The molecule has 0 atom stereocenters. The second-order valence-electron chi connectivity index (χ2n) is 4.61. The van der Waals surface area contributed by atoms with Crippen LogP contribution in [0.3, 0.4) is 0 Å². The first-order valence-electron chi connectivity index (χ1n) is 6.09. The molecule has 0 amide bonds. The lowest BCUT2D eigenvalue weighted by Crippen LogP contribution is -2.11. The quantitative estimate of drug-likeness (QED) is 0.804. The average molecular weight is 311 g/mol. The van der Waals surface area contributed by atoms with Crippen LogP contribution in [0.4, 0.5) is 0 Å². The summed E-state index contributed by atoms with van der Waals surface area (Å²) in [5.74, 6) is 0.263. The van der Waals surface area contributed by atoms with E-state index in [2.05, 4.69) is 0 Å². The molecule has 0 saturated carbocycles. The van der Waals surface area contributed by atoms with Gasteiger partial charge in [0.15, 0.2) is 0 Å². The molecule has 106 valence electrons. The van der Waals surface area contributed by atoms with E-state index < -0.39 is 10.1 Å². The zero-order valence-electron chi connectivity index (χ0n) is 11.5. The Balaban J connectivity index is 2.51. The van der Waals surface area contributed by atoms with Gasteiger partial charge in [-0.2, -0.15) is 8.42 Å². The molecule has 0 aliphatic heterocycles. The Bertz CT molecular complexity index is 737. The predicted octanol–water partition coefficient (Wildman–Crippen LogP) is 4.03. The minimum absolute atomic E-state index is 0.00335. The van der Waals surface area contributed by atoms with E-state index >= 15 is 0 Å². The van der Waals surface area contributed by atoms with Crippen molar-refractivity contribution in [3.05, 3.63) is 58.1 Å². The molecule has 20 heavy (non-hydrogen) atoms. The molecular formula is C15H15ClO3S. The summed E-state index contributed by atoms with van der Waals surface area (Å²) in [4.78, 5) is 0.00335. The third kappa shape index (κ3) is 2.81. The minimum atomic E-state index is -3.94. The lowest BCUT2D eigenvalue weighted by Gasteiger charge is -2.13. The van der Waals surface area contributed by atoms with Gasteiger partial charge < -0.3 is 4.18 Å². The van der Waals surface area contributed by atoms with E-state index in [1.54, 1.807) is 43.3 Å². The van der Waals surface area contributed by atoms with Gasteiger partial charge >= 0.3 is 10.1 Å². The van der Waals surface area contributed by atoms with Gasteiger partial charge in [0.1, 0.15) is 10.6 Å². The summed E-state index contributed by atoms with van der Waals surface area (Å²) in [6.07, 6.45) is 0. The highest BCUT2D eigenvalue weighted by Gasteiger charge is 2.23. The predicted molar refractivity (Wildman–Crippen MR) is 79.9 cm³/mol. The molecule has 5 heteroatoms. The van der Waals surface area contributed by atoms with Gasteiger partial charge in [-0.1, -0.05) is 29.8 Å². The van der Waals surface area contributed by atoms with Crippen LogP contribution in [0.15, 0.2) is 41.3 Å². The second-order valence-corrected chi connectivity index (χ2v) is 6.50. The smallest absolute Gasteiger partial charge is 0.340 e. The number of rotatable bonds is 3. The number of benzene rings is 2. The van der Waals surface area contributed by atoms with Gasteiger partial charge in [-0.05, 0) is 55.7 Å². The topological polar surface area (TPSA) is 43.4 Å². The molecule has 2 aromatic rings. The third-order valence-corrected chi connectivity index (χ3v) is 5.14. The fourth-order valence-corrected chi connectivity index (χ4v) is 3.47. The number of halogens is 1. The summed E-state index contributed by atoms with van der Waals surface area (Å²) in [6, 6.07) is 9.91. The van der Waals surface area contributed by atoms with E-state index in [4.69, 9.17) is 15.8 Å². The average Bonchev–Trinajstić information content (AvgIpc) is 2.41. The van der Waals surface area contributed by atoms with E-state index in [1.165, 1.54) is 0 Å². The van der Waals surface area contributed by atoms with Crippen molar-refractivity contribution < 1.29 is 12.6 Å². The van der Waals surface area contributed by atoms with Gasteiger partial charge in [0, 0.05) is 0 Å². The number of aryl methyl sites for hydroxylation is 1. The van der Waals surface area contributed by atoms with Gasteiger partial charge in [-0.15, -0.1) is 0 Å². The van der Waals surface area contributed by atoms with Crippen LogP contribution in [-0.4, -0.2) is 8.42 Å². The number of hydrogen-bond donors (Lipinski definition) is 0. The summed E-state index contributed by atoms with van der Waals surface area (Å²) in [6.45, 7) is 5.55. The maximum Gasteiger partial charge on any atom is 0.340 e. The minimum Gasteiger partial charge on any atom is -0.379 e. The van der Waals surface area contributed by atoms with Crippen molar-refractivity contribution in [1.82, 2.24) is 0 Å². The highest BCUT2D eigenvalue weighted by Crippen LogP contribution is 2.31. The Kier molecular flexibility index (Phi) is 4.06. The molecule has 0 unspecified atom stereocenters. The molecule has 0 aromatic heterocycles. The lowest BCUT2D eigenvalue weighted by atomic mass is 10.0. The SMILES string of the molecule is Cc1cc(S(=O)(=O)Oc2ccccc2)c(Cl)c(C)c1C. The van der Waals surface area contributed by atoms with Crippen LogP contribution < -0.4 is 4.18 Å². The Hall–Kier alpha value is -1.52. The van der Waals surface area contributed by atoms with Crippen molar-refractivity contribution in [2.75, 3.05) is 0 Å². The summed E-state index contributed by atoms with van der Waals surface area (Å²) in [7, 11) is -3.94. The molecule has 2 rings (SSSR count). The van der Waals surface area contributed by atoms with Crippen molar-refractivity contribution in [3.8, 4) is 5.75 Å². The summed E-state index contributed by atoms with van der Waals surface area (Å²) in [5.41, 5.74) is 2.60. The van der Waals surface area contributed by atoms with Crippen LogP contribution in [0.5, 0.6) is 5.75 Å². The summed E-state index contributed by atoms with van der Waals surface area (Å²) in [5, 5.41) is 0.212. The fraction of sp³-hybridized carbons (Fsp3) is 0.200. The van der Waals surface area contributed by atoms with Gasteiger partial charge in [-0.3, -0.25) is 0 Å². The summed E-state index contributed by atoms with van der Waals surface area (Å²) < 4.78 is 29.8. The standard InChI is InChI=1S/C15H15ClO3S/c1-10-9-14(15(16)12(3)11(10)2)20(17,18)19-13-7-5-4-6-8-13/h4-9H,1-3H3. The molecule has 0 N–H and O–H groups in total. The first-order valence-corrected chi connectivity index (χ1v) is 7.87. The molecule has 3 nitrogen and oxygen atoms in total. The maximum atomic E-state index is 12.3. The molecule has 0 heterocycles. The molecular weight excluding hydrogens is 296 g/mol. The molecule has 0 spiro atoms. The van der Waals surface area contributed by atoms with E-state index in [0.29, 0.717) is 0 Å². The van der Waals surface area contributed by atoms with Crippen molar-refractivity contribution in [2.24, 2.45) is 0 Å². The first kappa shape index (κ1) is 14.9. The van der Waals surface area contributed by atoms with E-state index in [1.807, 2.05) is 13.8 Å². The van der Waals surface area contributed by atoms with E-state index in [9.17, 15) is 8.42 Å². The second kappa shape index (κ2) is 5.46. The molecule has 0 fully saturated rings. The Morgan fingerprint density at radius 2 is 1.60 bits per heavy atom. The van der Waals surface area contributed by atoms with Crippen LogP contribution in [0.25, 0.3) is 0 Å². The molecule has 0 aliphatic carbocycles. The fourth-order valence-electron chi connectivity index (χ4n) is 1.84. The summed E-state index contributed by atoms with van der Waals surface area (Å²) >= 11 is 6.16. The van der Waals surface area contributed by atoms with E-state index in [0.717, 1.165) is 16.7 Å². The van der Waals surface area contributed by atoms with Crippen LogP contribution >= 0.6 is 11.6 Å². The lowest BCUT2D eigenvalue weighted by molar-refractivity contribution is 0.486. The Morgan fingerprint density at radius 1 is 1.00 bits per heavy atom. The van der Waals surface area contributed by atoms with Gasteiger partial charge in [-0.25, -0.2) is 0 Å². The maximum absolute atomic E-state index is 12.3. The highest BCUT2D eigenvalue weighted by atomic mass is 35.5. The first-order chi connectivity index (χ1) is 9.33. The van der Waals surface area contributed by atoms with E-state index in [-0.39, 0.29) is 15.7 Å². The monoisotopic (exact) mass is 310 g/mol. The Labute approximate surface area is 124 Å². The zero-order valence-corrected chi connectivity index (χ0v) is 13.0. The van der Waals surface area contributed by atoms with Crippen LogP contribution in [-0.2, 0) is 10.1 Å². The third-order valence-electron chi connectivity index (χ3n) is 3.27. The van der Waals surface area contributed by atoms with Crippen molar-refractivity contribution in [3.63, 3.8) is 0 Å². The number of para-hydroxylation sites is 1. The van der Waals surface area contributed by atoms with Crippen molar-refractivity contribution >= 4 is 21.7 Å². The van der Waals surface area contributed by atoms with Crippen LogP contribution in [0.2, 0.25) is 5.02 Å². The number of hydrogen-bond acceptors (Lipinski definition) is 3. The van der Waals surface area contributed by atoms with Crippen LogP contribution in [0.1, 0.15) is 16.7 Å².